The summed E-state index contributed by atoms with van der Waals surface area (Å²) in [6, 6.07) is -0.822. The average molecular weight is 885 g/mol. The summed E-state index contributed by atoms with van der Waals surface area (Å²) in [6.07, 6.45) is 70.5. The predicted molar refractivity (Wildman–Crippen MR) is 277 cm³/mol. The van der Waals surface area contributed by atoms with Gasteiger partial charge in [-0.3, -0.25) is 4.79 Å². The van der Waals surface area contributed by atoms with Crippen LogP contribution in [0.25, 0.3) is 0 Å². The molecule has 0 aromatic carbocycles. The van der Waals surface area contributed by atoms with E-state index in [0.29, 0.717) is 6.42 Å². The van der Waals surface area contributed by atoms with E-state index in [1.54, 1.807) is 6.08 Å². The Morgan fingerprint density at radius 2 is 0.651 bits per heavy atom. The molecule has 5 nitrogen and oxygen atoms in total. The minimum Gasteiger partial charge on any atom is -0.394 e. The van der Waals surface area contributed by atoms with Gasteiger partial charge < -0.3 is 20.6 Å². The molecule has 0 bridgehead atoms. The lowest BCUT2D eigenvalue weighted by atomic mass is 10.0. The number of hydrogen-bond acceptors (Lipinski definition) is 4. The highest BCUT2D eigenvalue weighted by atomic mass is 16.3. The molecule has 4 N–H and O–H groups in total. The van der Waals surface area contributed by atoms with Crippen molar-refractivity contribution in [3.63, 3.8) is 0 Å². The number of unbranched alkanes of at least 4 members (excludes halogenated alkanes) is 37. The van der Waals surface area contributed by atoms with Gasteiger partial charge in [0, 0.05) is 0 Å². The lowest BCUT2D eigenvalue weighted by Crippen LogP contribution is -2.48. The first-order valence-corrected chi connectivity index (χ1v) is 28.0. The number of rotatable bonds is 51. The zero-order chi connectivity index (χ0) is 45.8. The molecule has 1 amide bonds. The van der Waals surface area contributed by atoms with Gasteiger partial charge in [-0.1, -0.05) is 268 Å². The molecule has 3 atom stereocenters. The van der Waals surface area contributed by atoms with Crippen LogP contribution in [0, 0.1) is 0 Å². The van der Waals surface area contributed by atoms with E-state index in [0.717, 1.165) is 44.9 Å². The van der Waals surface area contributed by atoms with E-state index in [4.69, 9.17) is 0 Å². The zero-order valence-electron chi connectivity index (χ0n) is 42.2. The topological polar surface area (TPSA) is 89.8 Å². The minimum absolute atomic E-state index is 0.381. The first-order valence-electron chi connectivity index (χ1n) is 28.0. The molecule has 0 heterocycles. The Bertz CT molecular complexity index is 1020. The second kappa shape index (κ2) is 52.9. The minimum atomic E-state index is -1.11. The SMILES string of the molecule is CCCCCCCCCCC/C=C/CC/C=C/CC/C=C/C(O)C(CO)NC(=O)C(O)CCCCCCCCCCCCCCCC/C=C\CCCCCCCCCCCCCC. The van der Waals surface area contributed by atoms with Gasteiger partial charge in [-0.2, -0.15) is 0 Å². The van der Waals surface area contributed by atoms with Crippen LogP contribution in [0.15, 0.2) is 48.6 Å². The van der Waals surface area contributed by atoms with Crippen molar-refractivity contribution in [2.45, 2.75) is 308 Å². The molecular weight excluding hydrogens is 775 g/mol. The van der Waals surface area contributed by atoms with Crippen LogP contribution >= 0.6 is 0 Å². The van der Waals surface area contributed by atoms with E-state index in [1.807, 2.05) is 6.08 Å². The van der Waals surface area contributed by atoms with Gasteiger partial charge in [0.15, 0.2) is 0 Å². The molecule has 0 saturated heterocycles. The van der Waals surface area contributed by atoms with E-state index in [2.05, 4.69) is 55.6 Å². The number of allylic oxidation sites excluding steroid dienone is 7. The van der Waals surface area contributed by atoms with Crippen LogP contribution in [0.4, 0.5) is 0 Å². The summed E-state index contributed by atoms with van der Waals surface area (Å²) in [5.41, 5.74) is 0. The van der Waals surface area contributed by atoms with Crippen molar-refractivity contribution in [3.05, 3.63) is 48.6 Å². The Labute approximate surface area is 393 Å². The maximum absolute atomic E-state index is 12.5. The first-order chi connectivity index (χ1) is 31.1. The van der Waals surface area contributed by atoms with Gasteiger partial charge in [-0.15, -0.1) is 0 Å². The summed E-state index contributed by atoms with van der Waals surface area (Å²) in [5.74, 6) is -0.515. The van der Waals surface area contributed by atoms with Crippen LogP contribution in [0.3, 0.4) is 0 Å². The number of nitrogens with one attached hydrogen (secondary N) is 1. The largest absolute Gasteiger partial charge is 0.394 e. The normalized spacial score (nSPS) is 13.7. The lowest BCUT2D eigenvalue weighted by molar-refractivity contribution is -0.131. The fourth-order valence-electron chi connectivity index (χ4n) is 8.51. The summed E-state index contributed by atoms with van der Waals surface area (Å²) in [6.45, 7) is 4.19. The van der Waals surface area contributed by atoms with Crippen molar-refractivity contribution in [2.24, 2.45) is 0 Å². The van der Waals surface area contributed by atoms with Crippen molar-refractivity contribution >= 4 is 5.91 Å². The van der Waals surface area contributed by atoms with Crippen LogP contribution in [0.1, 0.15) is 290 Å². The smallest absolute Gasteiger partial charge is 0.249 e. The Morgan fingerprint density at radius 3 is 0.968 bits per heavy atom. The van der Waals surface area contributed by atoms with Gasteiger partial charge in [0.2, 0.25) is 5.91 Å². The van der Waals surface area contributed by atoms with Crippen LogP contribution in [-0.2, 0) is 4.79 Å². The summed E-state index contributed by atoms with van der Waals surface area (Å²) in [5, 5.41) is 33.3. The van der Waals surface area contributed by atoms with Crippen molar-refractivity contribution in [3.8, 4) is 0 Å². The Balaban J connectivity index is 3.60. The molecule has 0 spiro atoms. The Hall–Kier alpha value is -1.69. The summed E-state index contributed by atoms with van der Waals surface area (Å²) in [7, 11) is 0. The predicted octanol–water partition coefficient (Wildman–Crippen LogP) is 17.2. The van der Waals surface area contributed by atoms with Gasteiger partial charge in [0.25, 0.3) is 0 Å². The highest BCUT2D eigenvalue weighted by molar-refractivity contribution is 5.80. The van der Waals surface area contributed by atoms with Gasteiger partial charge in [0.05, 0.1) is 18.8 Å². The fourth-order valence-corrected chi connectivity index (χ4v) is 8.51. The van der Waals surface area contributed by atoms with Crippen molar-refractivity contribution < 1.29 is 20.1 Å². The maximum Gasteiger partial charge on any atom is 0.249 e. The van der Waals surface area contributed by atoms with Gasteiger partial charge in [-0.05, 0) is 70.6 Å². The average Bonchev–Trinajstić information content (AvgIpc) is 3.29. The summed E-state index contributed by atoms with van der Waals surface area (Å²) >= 11 is 0. The van der Waals surface area contributed by atoms with E-state index < -0.39 is 24.2 Å². The summed E-state index contributed by atoms with van der Waals surface area (Å²) in [4.78, 5) is 12.5. The van der Waals surface area contributed by atoms with E-state index in [9.17, 15) is 20.1 Å². The Kier molecular flexibility index (Phi) is 51.5. The van der Waals surface area contributed by atoms with Crippen LogP contribution in [-0.4, -0.2) is 46.1 Å². The molecule has 0 aromatic rings. The third-order valence-electron chi connectivity index (χ3n) is 12.9. The van der Waals surface area contributed by atoms with Crippen molar-refractivity contribution in [2.75, 3.05) is 6.61 Å². The summed E-state index contributed by atoms with van der Waals surface area (Å²) < 4.78 is 0. The van der Waals surface area contributed by atoms with Crippen molar-refractivity contribution in [1.29, 1.82) is 0 Å². The molecule has 370 valence electrons. The molecule has 0 aliphatic heterocycles. The van der Waals surface area contributed by atoms with Gasteiger partial charge >= 0.3 is 0 Å². The molecule has 5 heteroatoms. The molecule has 0 aromatic heterocycles. The molecule has 3 unspecified atom stereocenters. The third-order valence-corrected chi connectivity index (χ3v) is 12.9. The highest BCUT2D eigenvalue weighted by Crippen LogP contribution is 2.16. The van der Waals surface area contributed by atoms with Gasteiger partial charge in [-0.25, -0.2) is 0 Å². The van der Waals surface area contributed by atoms with E-state index in [1.165, 1.54) is 225 Å². The zero-order valence-corrected chi connectivity index (χ0v) is 42.2. The fraction of sp³-hybridized carbons (Fsp3) is 0.845. The molecule has 0 fully saturated rings. The number of amides is 1. The van der Waals surface area contributed by atoms with Gasteiger partial charge in [0.1, 0.15) is 6.10 Å². The number of aliphatic hydroxyl groups is 3. The number of carbonyl (C=O) groups excluding carboxylic acids is 1. The monoisotopic (exact) mass is 884 g/mol. The molecule has 0 saturated carbocycles. The second-order valence-electron chi connectivity index (χ2n) is 19.1. The molecule has 0 rings (SSSR count). The Morgan fingerprint density at radius 1 is 0.381 bits per heavy atom. The number of carbonyl (C=O) groups is 1. The van der Waals surface area contributed by atoms with Crippen LogP contribution in [0.5, 0.6) is 0 Å². The third kappa shape index (κ3) is 48.1. The molecule has 63 heavy (non-hydrogen) atoms. The highest BCUT2D eigenvalue weighted by Gasteiger charge is 2.22. The molecule has 0 radical (unpaired) electrons. The quantitative estimate of drug-likeness (QED) is 0.0362. The maximum atomic E-state index is 12.5. The van der Waals surface area contributed by atoms with Crippen LogP contribution < -0.4 is 5.32 Å². The van der Waals surface area contributed by atoms with E-state index in [-0.39, 0.29) is 6.61 Å². The number of aliphatic hydroxyl groups excluding tert-OH is 3. The number of hydrogen-bond donors (Lipinski definition) is 4. The van der Waals surface area contributed by atoms with Crippen molar-refractivity contribution in [1.82, 2.24) is 5.32 Å². The standard InChI is InChI=1S/C58H109NO4/c1-3-5-7-9-11-13-15-17-19-21-23-24-25-26-27-28-29-30-31-32-33-35-37-39-41-43-45-47-49-51-53-57(62)58(63)59-55(54-60)56(61)52-50-48-46-44-42-40-38-36-34-22-20-18-16-14-12-10-8-6-4-2/h26-27,34,36,42,44,50,52,55-57,60-62H,3-25,28-33,35,37-41,43,45-49,51,53-54H2,1-2H3,(H,59,63)/b27-26-,36-34+,44-42+,52-50+. The van der Waals surface area contributed by atoms with Crippen LogP contribution in [0.2, 0.25) is 0 Å². The second-order valence-corrected chi connectivity index (χ2v) is 19.1. The molecular formula is C58H109NO4. The lowest BCUT2D eigenvalue weighted by Gasteiger charge is -2.21. The molecule has 0 aliphatic rings. The first kappa shape index (κ1) is 61.3. The van der Waals surface area contributed by atoms with E-state index >= 15 is 0 Å². The molecule has 0 aliphatic carbocycles.